The fourth-order valence-corrected chi connectivity index (χ4v) is 3.50. The topological polar surface area (TPSA) is 122 Å². The Morgan fingerprint density at radius 2 is 1.75 bits per heavy atom. The first-order valence-corrected chi connectivity index (χ1v) is 9.13. The highest BCUT2D eigenvalue weighted by molar-refractivity contribution is 6.22. The van der Waals surface area contributed by atoms with Gasteiger partial charge >= 0.3 is 12.0 Å². The van der Waals surface area contributed by atoms with Crippen molar-refractivity contribution in [3.05, 3.63) is 34.9 Å². The Morgan fingerprint density at radius 1 is 1.07 bits per heavy atom. The third-order valence-corrected chi connectivity index (χ3v) is 4.91. The summed E-state index contributed by atoms with van der Waals surface area (Å²) in [6.07, 6.45) is 4.65. The van der Waals surface area contributed by atoms with Gasteiger partial charge in [0.15, 0.2) is 6.61 Å². The van der Waals surface area contributed by atoms with E-state index in [1.165, 1.54) is 30.1 Å². The van der Waals surface area contributed by atoms with Crippen LogP contribution in [0, 0.1) is 0 Å². The van der Waals surface area contributed by atoms with Crippen LogP contribution in [0.3, 0.4) is 0 Å². The molecule has 28 heavy (non-hydrogen) atoms. The fraction of sp³-hybridized carbons (Fsp3) is 0.421. The molecule has 1 saturated carbocycles. The molecule has 1 aliphatic carbocycles. The van der Waals surface area contributed by atoms with Crippen molar-refractivity contribution in [3.8, 4) is 0 Å². The first-order chi connectivity index (χ1) is 13.4. The SMILES string of the molecule is CNC(=O)NC(=O)COC(=O)c1ccc2c(c1)C(=O)N(C1CCCCC1)C2=O. The van der Waals surface area contributed by atoms with Gasteiger partial charge in [0.05, 0.1) is 16.7 Å². The van der Waals surface area contributed by atoms with Gasteiger partial charge in [-0.15, -0.1) is 0 Å². The Balaban J connectivity index is 1.69. The Kier molecular flexibility index (Phi) is 5.72. The number of esters is 1. The van der Waals surface area contributed by atoms with Crippen LogP contribution in [-0.4, -0.2) is 54.3 Å². The molecule has 1 fully saturated rings. The lowest BCUT2D eigenvalue weighted by atomic mass is 9.94. The fourth-order valence-electron chi connectivity index (χ4n) is 3.50. The Hall–Kier alpha value is -3.23. The minimum Gasteiger partial charge on any atom is -0.452 e. The summed E-state index contributed by atoms with van der Waals surface area (Å²) in [6.45, 7) is -0.648. The number of benzene rings is 1. The molecule has 1 aliphatic heterocycles. The van der Waals surface area contributed by atoms with Crippen LogP contribution in [0.15, 0.2) is 18.2 Å². The summed E-state index contributed by atoms with van der Waals surface area (Å²) >= 11 is 0. The van der Waals surface area contributed by atoms with Crippen molar-refractivity contribution in [2.45, 2.75) is 38.1 Å². The van der Waals surface area contributed by atoms with Crippen LogP contribution >= 0.6 is 0 Å². The number of hydrogen-bond acceptors (Lipinski definition) is 6. The molecule has 0 spiro atoms. The lowest BCUT2D eigenvalue weighted by Crippen LogP contribution is -2.40. The van der Waals surface area contributed by atoms with Crippen molar-refractivity contribution in [1.82, 2.24) is 15.5 Å². The number of amides is 5. The molecule has 0 bridgehead atoms. The maximum absolute atomic E-state index is 12.7. The Morgan fingerprint density at radius 3 is 2.43 bits per heavy atom. The van der Waals surface area contributed by atoms with Crippen molar-refractivity contribution in [2.75, 3.05) is 13.7 Å². The van der Waals surface area contributed by atoms with Gasteiger partial charge in [-0.3, -0.25) is 24.6 Å². The van der Waals surface area contributed by atoms with Gasteiger partial charge in [-0.25, -0.2) is 9.59 Å². The van der Waals surface area contributed by atoms with Gasteiger partial charge in [0.1, 0.15) is 0 Å². The predicted molar refractivity (Wildman–Crippen MR) is 96.7 cm³/mol. The van der Waals surface area contributed by atoms with Crippen LogP contribution in [0.5, 0.6) is 0 Å². The van der Waals surface area contributed by atoms with Crippen LogP contribution in [0.25, 0.3) is 0 Å². The molecule has 9 nitrogen and oxygen atoms in total. The van der Waals surface area contributed by atoms with Crippen molar-refractivity contribution in [1.29, 1.82) is 0 Å². The second kappa shape index (κ2) is 8.20. The minimum atomic E-state index is -0.828. The van der Waals surface area contributed by atoms with E-state index < -0.39 is 30.4 Å². The summed E-state index contributed by atoms with van der Waals surface area (Å²) in [5.41, 5.74) is 0.488. The van der Waals surface area contributed by atoms with E-state index >= 15 is 0 Å². The van der Waals surface area contributed by atoms with Crippen LogP contribution in [0.2, 0.25) is 0 Å². The number of urea groups is 1. The average molecular weight is 387 g/mol. The van der Waals surface area contributed by atoms with Gasteiger partial charge in [-0.2, -0.15) is 0 Å². The van der Waals surface area contributed by atoms with Gasteiger partial charge in [0, 0.05) is 13.1 Å². The van der Waals surface area contributed by atoms with E-state index in [4.69, 9.17) is 4.74 Å². The number of imide groups is 2. The zero-order valence-corrected chi connectivity index (χ0v) is 15.4. The number of nitrogens with one attached hydrogen (secondary N) is 2. The van der Waals surface area contributed by atoms with Crippen molar-refractivity contribution < 1.29 is 28.7 Å². The van der Waals surface area contributed by atoms with Crippen LogP contribution in [0.4, 0.5) is 4.79 Å². The number of carbonyl (C=O) groups excluding carboxylic acids is 5. The smallest absolute Gasteiger partial charge is 0.338 e. The summed E-state index contributed by atoms with van der Waals surface area (Å²) < 4.78 is 4.86. The third kappa shape index (κ3) is 3.88. The average Bonchev–Trinajstić information content (AvgIpc) is 2.96. The highest BCUT2D eigenvalue weighted by Gasteiger charge is 2.40. The number of ether oxygens (including phenoxy) is 1. The molecular weight excluding hydrogens is 366 g/mol. The zero-order chi connectivity index (χ0) is 20.3. The molecule has 2 N–H and O–H groups in total. The number of rotatable bonds is 4. The van der Waals surface area contributed by atoms with Gasteiger partial charge in [-0.1, -0.05) is 19.3 Å². The summed E-state index contributed by atoms with van der Waals surface area (Å²) in [5.74, 6) is -2.36. The molecule has 1 aromatic carbocycles. The van der Waals surface area contributed by atoms with E-state index in [0.717, 1.165) is 32.1 Å². The second-order valence-corrected chi connectivity index (χ2v) is 6.74. The molecule has 3 rings (SSSR count). The number of hydrogen-bond donors (Lipinski definition) is 2. The molecule has 5 amide bonds. The van der Waals surface area contributed by atoms with Crippen molar-refractivity contribution in [3.63, 3.8) is 0 Å². The normalized spacial score (nSPS) is 16.5. The molecule has 0 radical (unpaired) electrons. The van der Waals surface area contributed by atoms with Crippen LogP contribution < -0.4 is 10.6 Å². The summed E-state index contributed by atoms with van der Waals surface area (Å²) in [5, 5.41) is 4.16. The largest absolute Gasteiger partial charge is 0.452 e. The Bertz CT molecular complexity index is 844. The van der Waals surface area contributed by atoms with E-state index in [9.17, 15) is 24.0 Å². The number of fused-ring (bicyclic) bond motifs is 1. The third-order valence-electron chi connectivity index (χ3n) is 4.91. The van der Waals surface area contributed by atoms with Crippen molar-refractivity contribution >= 4 is 29.7 Å². The maximum atomic E-state index is 12.7. The maximum Gasteiger partial charge on any atom is 0.338 e. The lowest BCUT2D eigenvalue weighted by Gasteiger charge is -2.29. The summed E-state index contributed by atoms with van der Waals surface area (Å²) in [7, 11) is 1.34. The van der Waals surface area contributed by atoms with Crippen LogP contribution in [-0.2, 0) is 9.53 Å². The van der Waals surface area contributed by atoms with Gasteiger partial charge in [-0.05, 0) is 31.0 Å². The zero-order valence-electron chi connectivity index (χ0n) is 15.4. The monoisotopic (exact) mass is 387 g/mol. The summed E-state index contributed by atoms with van der Waals surface area (Å²) in [6, 6.07) is 3.31. The van der Waals surface area contributed by atoms with Crippen molar-refractivity contribution in [2.24, 2.45) is 0 Å². The molecular formula is C19H21N3O6. The lowest BCUT2D eigenvalue weighted by molar-refractivity contribution is -0.123. The predicted octanol–water partition coefficient (Wildman–Crippen LogP) is 1.23. The molecule has 1 aromatic rings. The van der Waals surface area contributed by atoms with Gasteiger partial charge in [0.25, 0.3) is 17.7 Å². The van der Waals surface area contributed by atoms with E-state index in [1.54, 1.807) is 0 Å². The highest BCUT2D eigenvalue weighted by atomic mass is 16.5. The van der Waals surface area contributed by atoms with Gasteiger partial charge in [0.2, 0.25) is 0 Å². The van der Waals surface area contributed by atoms with Crippen LogP contribution in [0.1, 0.15) is 63.2 Å². The van der Waals surface area contributed by atoms with E-state index in [1.807, 2.05) is 5.32 Å². The second-order valence-electron chi connectivity index (χ2n) is 6.74. The van der Waals surface area contributed by atoms with E-state index in [-0.39, 0.29) is 28.6 Å². The number of nitrogens with zero attached hydrogens (tertiary/aromatic N) is 1. The molecule has 0 unspecified atom stereocenters. The molecule has 148 valence electrons. The minimum absolute atomic E-state index is 0.0538. The first kappa shape index (κ1) is 19.5. The molecule has 1 heterocycles. The molecule has 9 heteroatoms. The Labute approximate surface area is 161 Å². The number of carbonyl (C=O) groups is 5. The van der Waals surface area contributed by atoms with E-state index in [0.29, 0.717) is 0 Å². The quantitative estimate of drug-likeness (QED) is 0.592. The van der Waals surface area contributed by atoms with Gasteiger partial charge < -0.3 is 10.1 Å². The molecule has 0 atom stereocenters. The van der Waals surface area contributed by atoms with E-state index in [2.05, 4.69) is 5.32 Å². The molecule has 0 saturated heterocycles. The molecule has 2 aliphatic rings. The molecule has 0 aromatic heterocycles. The standard InChI is InChI=1S/C19H21N3O6/c1-20-19(27)21-15(23)10-28-18(26)11-7-8-13-14(9-11)17(25)22(16(13)24)12-5-3-2-4-6-12/h7-9,12H,2-6,10H2,1H3,(H2,20,21,23,27). The first-order valence-electron chi connectivity index (χ1n) is 9.13. The highest BCUT2D eigenvalue weighted by Crippen LogP contribution is 2.31. The summed E-state index contributed by atoms with van der Waals surface area (Å²) in [4.78, 5) is 61.4.